The van der Waals surface area contributed by atoms with E-state index in [2.05, 4.69) is 0 Å². The summed E-state index contributed by atoms with van der Waals surface area (Å²) >= 11 is 0. The Labute approximate surface area is 112 Å². The number of carboxylic acids is 1. The molecule has 1 saturated carbocycles. The van der Waals surface area contributed by atoms with Gasteiger partial charge in [0.25, 0.3) is 0 Å². The highest BCUT2D eigenvalue weighted by Gasteiger charge is 2.54. The van der Waals surface area contributed by atoms with E-state index in [1.165, 1.54) is 6.07 Å². The van der Waals surface area contributed by atoms with E-state index >= 15 is 0 Å². The second kappa shape index (κ2) is 4.86. The van der Waals surface area contributed by atoms with Gasteiger partial charge in [0.1, 0.15) is 11.9 Å². The first-order valence-electron chi connectivity index (χ1n) is 5.65. The predicted molar refractivity (Wildman–Crippen MR) is 69.6 cm³/mol. The van der Waals surface area contributed by atoms with Crippen LogP contribution in [0.4, 0.5) is 4.39 Å². The molecule has 0 amide bonds. The molecule has 0 bridgehead atoms. The molecule has 0 radical (unpaired) electrons. The molecule has 3 nitrogen and oxygen atoms in total. The van der Waals surface area contributed by atoms with Crippen LogP contribution in [0, 0.1) is 19.7 Å². The number of rotatable bonds is 3. The van der Waals surface area contributed by atoms with Gasteiger partial charge in [-0.2, -0.15) is 0 Å². The fourth-order valence-corrected chi connectivity index (χ4v) is 2.48. The van der Waals surface area contributed by atoms with Crippen molar-refractivity contribution in [1.29, 1.82) is 0 Å². The van der Waals surface area contributed by atoms with Gasteiger partial charge in [0.05, 0.1) is 0 Å². The van der Waals surface area contributed by atoms with E-state index in [-0.39, 0.29) is 18.2 Å². The Morgan fingerprint density at radius 1 is 1.44 bits per heavy atom. The van der Waals surface area contributed by atoms with Crippen molar-refractivity contribution in [2.24, 2.45) is 5.73 Å². The molecule has 1 atom stereocenters. The molecule has 1 aliphatic carbocycles. The van der Waals surface area contributed by atoms with E-state index in [4.69, 9.17) is 10.8 Å². The lowest BCUT2D eigenvalue weighted by Crippen LogP contribution is -2.42. The average molecular weight is 274 g/mol. The van der Waals surface area contributed by atoms with E-state index in [0.717, 1.165) is 11.1 Å². The molecule has 0 aromatic heterocycles. The smallest absolute Gasteiger partial charge is 0.321 e. The first-order chi connectivity index (χ1) is 7.90. The van der Waals surface area contributed by atoms with Crippen molar-refractivity contribution in [2.45, 2.75) is 38.1 Å². The number of aryl methyl sites for hydroxylation is 1. The first-order valence-corrected chi connectivity index (χ1v) is 5.65. The molecule has 2 rings (SSSR count). The maximum absolute atomic E-state index is 13.9. The van der Waals surface area contributed by atoms with E-state index in [0.29, 0.717) is 18.4 Å². The van der Waals surface area contributed by atoms with Gasteiger partial charge >= 0.3 is 5.97 Å². The molecular weight excluding hydrogens is 257 g/mol. The monoisotopic (exact) mass is 273 g/mol. The largest absolute Gasteiger partial charge is 0.480 e. The molecule has 18 heavy (non-hydrogen) atoms. The third-order valence-electron chi connectivity index (χ3n) is 3.83. The molecule has 1 aliphatic rings. The Bertz CT molecular complexity index is 486. The van der Waals surface area contributed by atoms with Gasteiger partial charge in [0, 0.05) is 5.41 Å². The molecule has 0 spiro atoms. The second-order valence-corrected chi connectivity index (χ2v) is 4.84. The normalized spacial score (nSPS) is 17.8. The van der Waals surface area contributed by atoms with Crippen LogP contribution in [0.2, 0.25) is 0 Å². The maximum Gasteiger partial charge on any atom is 0.321 e. The zero-order valence-electron chi connectivity index (χ0n) is 10.4. The van der Waals surface area contributed by atoms with Gasteiger partial charge < -0.3 is 10.8 Å². The highest BCUT2D eigenvalue weighted by molar-refractivity contribution is 5.85. The quantitative estimate of drug-likeness (QED) is 0.888. The van der Waals surface area contributed by atoms with Crippen molar-refractivity contribution < 1.29 is 14.3 Å². The van der Waals surface area contributed by atoms with Crippen LogP contribution in [0.1, 0.15) is 29.5 Å². The van der Waals surface area contributed by atoms with Gasteiger partial charge in [-0.1, -0.05) is 6.07 Å². The van der Waals surface area contributed by atoms with Gasteiger partial charge in [-0.3, -0.25) is 4.79 Å². The number of carbonyl (C=O) groups is 1. The van der Waals surface area contributed by atoms with Crippen LogP contribution in [-0.4, -0.2) is 17.1 Å². The molecule has 0 aliphatic heterocycles. The van der Waals surface area contributed by atoms with Crippen molar-refractivity contribution in [2.75, 3.05) is 0 Å². The van der Waals surface area contributed by atoms with Gasteiger partial charge in [-0.05, 0) is 49.4 Å². The van der Waals surface area contributed by atoms with E-state index < -0.39 is 17.4 Å². The first kappa shape index (κ1) is 14.9. The maximum atomic E-state index is 13.9. The molecule has 0 heterocycles. The lowest BCUT2D eigenvalue weighted by molar-refractivity contribution is -0.139. The molecular formula is C13H17ClFNO2. The number of carboxylic acid groups (broad SMARTS) is 1. The Morgan fingerprint density at radius 3 is 2.44 bits per heavy atom. The second-order valence-electron chi connectivity index (χ2n) is 4.84. The van der Waals surface area contributed by atoms with Crippen molar-refractivity contribution in [3.05, 3.63) is 34.6 Å². The fourth-order valence-electron chi connectivity index (χ4n) is 2.48. The number of nitrogens with two attached hydrogens (primary N) is 1. The number of hydrogen-bond acceptors (Lipinski definition) is 2. The summed E-state index contributed by atoms with van der Waals surface area (Å²) in [7, 11) is 0. The predicted octanol–water partition coefficient (Wildman–Crippen LogP) is 2.31. The van der Waals surface area contributed by atoms with Crippen molar-refractivity contribution in [1.82, 2.24) is 0 Å². The number of benzene rings is 1. The average Bonchev–Trinajstić information content (AvgIpc) is 3.04. The summed E-state index contributed by atoms with van der Waals surface area (Å²) < 4.78 is 13.9. The zero-order valence-corrected chi connectivity index (χ0v) is 11.2. The summed E-state index contributed by atoms with van der Waals surface area (Å²) in [6, 6.07) is 2.07. The summed E-state index contributed by atoms with van der Waals surface area (Å²) in [6.45, 7) is 3.71. The SMILES string of the molecule is Cc1ccc(F)c(C2(C(N)C(=O)O)CC2)c1C.Cl. The summed E-state index contributed by atoms with van der Waals surface area (Å²) in [5.41, 5.74) is 7.28. The van der Waals surface area contributed by atoms with Crippen LogP contribution >= 0.6 is 12.4 Å². The highest BCUT2D eigenvalue weighted by Crippen LogP contribution is 2.52. The Hall–Kier alpha value is -1.13. The van der Waals surface area contributed by atoms with Crippen molar-refractivity contribution in [3.8, 4) is 0 Å². The molecule has 1 aromatic carbocycles. The minimum atomic E-state index is -1.07. The van der Waals surface area contributed by atoms with Gasteiger partial charge in [0.2, 0.25) is 0 Å². The Balaban J connectivity index is 0.00000162. The van der Waals surface area contributed by atoms with Crippen LogP contribution in [-0.2, 0) is 10.2 Å². The van der Waals surface area contributed by atoms with Crippen LogP contribution in [0.15, 0.2) is 12.1 Å². The highest BCUT2D eigenvalue weighted by atomic mass is 35.5. The topological polar surface area (TPSA) is 63.3 Å². The molecule has 3 N–H and O–H groups in total. The van der Waals surface area contributed by atoms with Gasteiger partial charge in [0.15, 0.2) is 0 Å². The molecule has 0 saturated heterocycles. The van der Waals surface area contributed by atoms with E-state index in [1.807, 2.05) is 13.8 Å². The summed E-state index contributed by atoms with van der Waals surface area (Å²) in [6.07, 6.45) is 1.28. The minimum absolute atomic E-state index is 0. The number of hydrogen-bond donors (Lipinski definition) is 2. The Morgan fingerprint density at radius 2 is 2.00 bits per heavy atom. The molecule has 1 fully saturated rings. The van der Waals surface area contributed by atoms with Crippen LogP contribution < -0.4 is 5.73 Å². The lowest BCUT2D eigenvalue weighted by atomic mass is 9.84. The third kappa shape index (κ3) is 2.10. The number of aliphatic carboxylic acids is 1. The fraction of sp³-hybridized carbons (Fsp3) is 0.462. The summed E-state index contributed by atoms with van der Waals surface area (Å²) in [5, 5.41) is 9.02. The molecule has 1 aromatic rings. The molecule has 1 unspecified atom stereocenters. The Kier molecular flexibility index (Phi) is 4.03. The van der Waals surface area contributed by atoms with Gasteiger partial charge in [-0.25, -0.2) is 4.39 Å². The van der Waals surface area contributed by atoms with Crippen LogP contribution in [0.25, 0.3) is 0 Å². The minimum Gasteiger partial charge on any atom is -0.480 e. The van der Waals surface area contributed by atoms with Crippen LogP contribution in [0.3, 0.4) is 0 Å². The van der Waals surface area contributed by atoms with Crippen LogP contribution in [0.5, 0.6) is 0 Å². The third-order valence-corrected chi connectivity index (χ3v) is 3.83. The van der Waals surface area contributed by atoms with E-state index in [9.17, 15) is 9.18 Å². The molecule has 5 heteroatoms. The van der Waals surface area contributed by atoms with Crippen molar-refractivity contribution >= 4 is 18.4 Å². The number of halogens is 2. The zero-order chi connectivity index (χ0) is 12.8. The van der Waals surface area contributed by atoms with E-state index in [1.54, 1.807) is 6.07 Å². The van der Waals surface area contributed by atoms with Crippen molar-refractivity contribution in [3.63, 3.8) is 0 Å². The van der Waals surface area contributed by atoms with Gasteiger partial charge in [-0.15, -0.1) is 12.4 Å². The standard InChI is InChI=1S/C13H16FNO2.ClH/c1-7-3-4-9(14)10(8(7)2)13(5-6-13)11(15)12(16)17;/h3-4,11H,5-6,15H2,1-2H3,(H,16,17);1H. The summed E-state index contributed by atoms with van der Waals surface area (Å²) in [5.74, 6) is -1.41. The molecule has 100 valence electrons. The lowest BCUT2D eigenvalue weighted by Gasteiger charge is -2.23. The summed E-state index contributed by atoms with van der Waals surface area (Å²) in [4.78, 5) is 11.0.